The first-order chi connectivity index (χ1) is 12.5. The summed E-state index contributed by atoms with van der Waals surface area (Å²) in [6.07, 6.45) is 6.00. The Morgan fingerprint density at radius 3 is 2.58 bits per heavy atom. The van der Waals surface area contributed by atoms with Crippen LogP contribution in [-0.2, 0) is 17.8 Å². The van der Waals surface area contributed by atoms with E-state index in [-0.39, 0.29) is 23.7 Å². The number of phenolic OH excluding ortho intramolecular Hbond substituents is 1. The van der Waals surface area contributed by atoms with Gasteiger partial charge in [-0.2, -0.15) is 0 Å². The molecule has 2 saturated heterocycles. The first-order valence-electron chi connectivity index (χ1n) is 10.1. The van der Waals surface area contributed by atoms with Crippen LogP contribution < -0.4 is 10.6 Å². The minimum atomic E-state index is -0.191. The average molecular weight is 357 g/mol. The van der Waals surface area contributed by atoms with Crippen LogP contribution in [0.25, 0.3) is 0 Å². The molecule has 0 spiro atoms. The lowest BCUT2D eigenvalue weighted by molar-refractivity contribution is -0.124. The van der Waals surface area contributed by atoms with Gasteiger partial charge in [0.2, 0.25) is 5.91 Å². The highest BCUT2D eigenvalue weighted by molar-refractivity contribution is 5.82. The van der Waals surface area contributed by atoms with Crippen LogP contribution in [0.4, 0.5) is 0 Å². The van der Waals surface area contributed by atoms with Crippen LogP contribution in [0.15, 0.2) is 18.2 Å². The van der Waals surface area contributed by atoms with E-state index in [0.29, 0.717) is 18.9 Å². The Kier molecular flexibility index (Phi) is 4.93. The second kappa shape index (κ2) is 7.20. The predicted octanol–water partition coefficient (Wildman–Crippen LogP) is 2.17. The fourth-order valence-electron chi connectivity index (χ4n) is 4.94. The van der Waals surface area contributed by atoms with Gasteiger partial charge in [0.1, 0.15) is 5.75 Å². The molecule has 2 bridgehead atoms. The second-order valence-corrected chi connectivity index (χ2v) is 8.61. The minimum absolute atomic E-state index is 0.106. The number of hydrogen-bond acceptors (Lipinski definition) is 4. The lowest BCUT2D eigenvalue weighted by Crippen LogP contribution is -2.54. The monoisotopic (exact) mass is 357 g/mol. The van der Waals surface area contributed by atoms with Crippen molar-refractivity contribution in [1.29, 1.82) is 0 Å². The van der Waals surface area contributed by atoms with Gasteiger partial charge >= 0.3 is 0 Å². The third kappa shape index (κ3) is 3.47. The van der Waals surface area contributed by atoms with Crippen molar-refractivity contribution in [2.75, 3.05) is 6.54 Å². The Hall–Kier alpha value is -1.59. The fourth-order valence-corrected chi connectivity index (χ4v) is 4.94. The molecule has 0 saturated carbocycles. The van der Waals surface area contributed by atoms with Gasteiger partial charge in [-0.25, -0.2) is 0 Å². The summed E-state index contributed by atoms with van der Waals surface area (Å²) in [6, 6.07) is 6.93. The van der Waals surface area contributed by atoms with Crippen LogP contribution >= 0.6 is 0 Å². The fraction of sp³-hybridized carbons (Fsp3) is 0.667. The van der Waals surface area contributed by atoms with Crippen molar-refractivity contribution in [3.63, 3.8) is 0 Å². The Bertz CT molecular complexity index is 655. The van der Waals surface area contributed by atoms with E-state index < -0.39 is 0 Å². The molecule has 3 aliphatic rings. The molecule has 1 aromatic rings. The summed E-state index contributed by atoms with van der Waals surface area (Å²) >= 11 is 0. The molecule has 0 aliphatic carbocycles. The van der Waals surface area contributed by atoms with Crippen molar-refractivity contribution in [2.24, 2.45) is 5.92 Å². The SMILES string of the molecule is CC(C)C(CN1C2CCC1CC2)NC(=O)[C@H]1Cc2ccc(O)cc2CN1. The van der Waals surface area contributed by atoms with Crippen LogP contribution in [0, 0.1) is 5.92 Å². The number of nitrogens with one attached hydrogen (secondary N) is 2. The number of carbonyl (C=O) groups excluding carboxylic acids is 1. The van der Waals surface area contributed by atoms with Gasteiger partial charge in [0.05, 0.1) is 6.04 Å². The molecule has 3 N–H and O–H groups in total. The van der Waals surface area contributed by atoms with Gasteiger partial charge in [-0.15, -0.1) is 0 Å². The smallest absolute Gasteiger partial charge is 0.237 e. The number of hydrogen-bond donors (Lipinski definition) is 3. The van der Waals surface area contributed by atoms with Gasteiger partial charge in [0.25, 0.3) is 0 Å². The molecule has 5 heteroatoms. The molecule has 1 aromatic carbocycles. The van der Waals surface area contributed by atoms with Gasteiger partial charge < -0.3 is 15.7 Å². The van der Waals surface area contributed by atoms with Gasteiger partial charge in [-0.05, 0) is 61.3 Å². The molecule has 0 radical (unpaired) electrons. The topological polar surface area (TPSA) is 64.6 Å². The third-order valence-electron chi connectivity index (χ3n) is 6.61. The van der Waals surface area contributed by atoms with Gasteiger partial charge in [-0.3, -0.25) is 9.69 Å². The van der Waals surface area contributed by atoms with Crippen LogP contribution in [0.3, 0.4) is 0 Å². The maximum atomic E-state index is 12.9. The van der Waals surface area contributed by atoms with Crippen LogP contribution in [0.1, 0.15) is 50.7 Å². The summed E-state index contributed by atoms with van der Waals surface area (Å²) in [6.45, 7) is 6.02. The number of nitrogens with zero attached hydrogens (tertiary/aromatic N) is 1. The quantitative estimate of drug-likeness (QED) is 0.756. The number of phenols is 1. The van der Waals surface area contributed by atoms with Gasteiger partial charge in [0, 0.05) is 31.2 Å². The zero-order chi connectivity index (χ0) is 18.3. The van der Waals surface area contributed by atoms with Crippen molar-refractivity contribution in [2.45, 2.75) is 76.7 Å². The van der Waals surface area contributed by atoms with Crippen molar-refractivity contribution in [3.05, 3.63) is 29.3 Å². The molecular weight excluding hydrogens is 326 g/mol. The Labute approximate surface area is 156 Å². The van der Waals surface area contributed by atoms with E-state index >= 15 is 0 Å². The maximum Gasteiger partial charge on any atom is 0.237 e. The predicted molar refractivity (Wildman–Crippen MR) is 102 cm³/mol. The molecule has 26 heavy (non-hydrogen) atoms. The second-order valence-electron chi connectivity index (χ2n) is 8.61. The summed E-state index contributed by atoms with van der Waals surface area (Å²) in [5.41, 5.74) is 2.24. The molecule has 1 unspecified atom stereocenters. The molecule has 3 heterocycles. The number of fused-ring (bicyclic) bond motifs is 3. The molecule has 4 rings (SSSR count). The van der Waals surface area contributed by atoms with Crippen molar-refractivity contribution < 1.29 is 9.90 Å². The van der Waals surface area contributed by atoms with Crippen molar-refractivity contribution >= 4 is 5.91 Å². The van der Waals surface area contributed by atoms with Crippen molar-refractivity contribution in [1.82, 2.24) is 15.5 Å². The lowest BCUT2D eigenvalue weighted by atomic mass is 9.94. The van der Waals surface area contributed by atoms with E-state index in [1.165, 1.54) is 25.7 Å². The van der Waals surface area contributed by atoms with E-state index in [4.69, 9.17) is 0 Å². The summed E-state index contributed by atoms with van der Waals surface area (Å²) in [7, 11) is 0. The van der Waals surface area contributed by atoms with Gasteiger partial charge in [0.15, 0.2) is 0 Å². The first-order valence-corrected chi connectivity index (χ1v) is 10.1. The number of rotatable bonds is 5. The van der Waals surface area contributed by atoms with Crippen LogP contribution in [-0.4, -0.2) is 46.6 Å². The molecule has 1 amide bonds. The molecular formula is C21H31N3O2. The van der Waals surface area contributed by atoms with E-state index in [2.05, 4.69) is 29.4 Å². The highest BCUT2D eigenvalue weighted by Gasteiger charge is 2.40. The highest BCUT2D eigenvalue weighted by atomic mass is 16.3. The molecule has 5 nitrogen and oxygen atoms in total. The van der Waals surface area contributed by atoms with Crippen molar-refractivity contribution in [3.8, 4) is 5.75 Å². The van der Waals surface area contributed by atoms with Gasteiger partial charge in [-0.1, -0.05) is 19.9 Å². The summed E-state index contributed by atoms with van der Waals surface area (Å²) in [5, 5.41) is 16.3. The normalized spacial score (nSPS) is 29.0. The summed E-state index contributed by atoms with van der Waals surface area (Å²) in [5.74, 6) is 0.814. The molecule has 2 atom stereocenters. The number of carbonyl (C=O) groups is 1. The molecule has 0 aromatic heterocycles. The zero-order valence-electron chi connectivity index (χ0n) is 15.9. The maximum absolute atomic E-state index is 12.9. The molecule has 3 aliphatic heterocycles. The van der Waals surface area contributed by atoms with E-state index in [1.54, 1.807) is 12.1 Å². The largest absolute Gasteiger partial charge is 0.508 e. The highest BCUT2D eigenvalue weighted by Crippen LogP contribution is 2.37. The Morgan fingerprint density at radius 2 is 1.92 bits per heavy atom. The first kappa shape index (κ1) is 17.8. The number of amides is 1. The standard InChI is InChI=1S/C21H31N3O2/c1-13(2)20(12-24-16-4-5-17(24)7-6-16)23-21(26)19-10-14-3-8-18(25)9-15(14)11-22-19/h3,8-9,13,16-17,19-20,22,25H,4-7,10-12H2,1-2H3,(H,23,26)/t16?,17?,19-,20?/m1/s1. The molecule has 2 fully saturated rings. The Balaban J connectivity index is 1.38. The summed E-state index contributed by atoms with van der Waals surface area (Å²) in [4.78, 5) is 15.6. The molecule has 142 valence electrons. The average Bonchev–Trinajstić information content (AvgIpc) is 3.19. The number of aromatic hydroxyl groups is 1. The Morgan fingerprint density at radius 1 is 1.23 bits per heavy atom. The minimum Gasteiger partial charge on any atom is -0.508 e. The zero-order valence-corrected chi connectivity index (χ0v) is 15.9. The summed E-state index contributed by atoms with van der Waals surface area (Å²) < 4.78 is 0. The lowest BCUT2D eigenvalue weighted by Gasteiger charge is -2.33. The van der Waals surface area contributed by atoms with E-state index in [0.717, 1.165) is 29.8 Å². The third-order valence-corrected chi connectivity index (χ3v) is 6.61. The van der Waals surface area contributed by atoms with E-state index in [1.807, 2.05) is 6.07 Å². The van der Waals surface area contributed by atoms with Crippen LogP contribution in [0.5, 0.6) is 5.75 Å². The van der Waals surface area contributed by atoms with E-state index in [9.17, 15) is 9.90 Å². The number of benzene rings is 1. The van der Waals surface area contributed by atoms with Crippen LogP contribution in [0.2, 0.25) is 0 Å².